The van der Waals surface area contributed by atoms with Crippen LogP contribution in [0.1, 0.15) is 0 Å². The van der Waals surface area contributed by atoms with Crippen molar-refractivity contribution in [3.8, 4) is 23.6 Å². The highest BCUT2D eigenvalue weighted by atomic mass is 16.5. The van der Waals surface area contributed by atoms with E-state index in [2.05, 4.69) is 37.6 Å². The number of hydrogen-bond acceptors (Lipinski definition) is 8. The first kappa shape index (κ1) is 22.1. The van der Waals surface area contributed by atoms with Gasteiger partial charge in [0.2, 0.25) is 5.95 Å². The summed E-state index contributed by atoms with van der Waals surface area (Å²) in [5.74, 6) is 2.23. The molecule has 35 heavy (non-hydrogen) atoms. The number of aromatic nitrogens is 3. The molecule has 4 aromatic rings. The van der Waals surface area contributed by atoms with Gasteiger partial charge in [-0.05, 0) is 48.4 Å². The number of carbonyl (C=O) groups is 1. The molecular formula is C26H23N7O2. The smallest absolute Gasteiger partial charge is 0.300 e. The summed E-state index contributed by atoms with van der Waals surface area (Å²) in [6.45, 7) is 3.23. The maximum Gasteiger partial charge on any atom is 0.300 e. The summed E-state index contributed by atoms with van der Waals surface area (Å²) in [7, 11) is 0. The Bertz CT molecular complexity index is 1420. The molecule has 2 aromatic heterocycles. The summed E-state index contributed by atoms with van der Waals surface area (Å²) >= 11 is 0. The minimum Gasteiger partial charge on any atom is -0.383 e. The van der Waals surface area contributed by atoms with Crippen molar-refractivity contribution in [3.05, 3.63) is 60.8 Å². The van der Waals surface area contributed by atoms with Crippen LogP contribution in [0.5, 0.6) is 0 Å². The molecule has 0 aliphatic carbocycles. The van der Waals surface area contributed by atoms with Gasteiger partial charge < -0.3 is 26.0 Å². The number of nitrogens with one attached hydrogen (secondary N) is 2. The number of fused-ring (bicyclic) bond motifs is 1. The van der Waals surface area contributed by atoms with Crippen molar-refractivity contribution in [1.82, 2.24) is 15.0 Å². The number of terminal acetylenes is 1. The second-order valence-corrected chi connectivity index (χ2v) is 7.93. The predicted molar refractivity (Wildman–Crippen MR) is 137 cm³/mol. The third-order valence-corrected chi connectivity index (χ3v) is 5.68. The summed E-state index contributed by atoms with van der Waals surface area (Å²) in [6.07, 6.45) is 6.76. The second-order valence-electron chi connectivity index (χ2n) is 7.93. The van der Waals surface area contributed by atoms with Crippen molar-refractivity contribution in [2.24, 2.45) is 0 Å². The molecule has 5 rings (SSSR count). The molecule has 9 heteroatoms. The summed E-state index contributed by atoms with van der Waals surface area (Å²) in [4.78, 5) is 27.5. The van der Waals surface area contributed by atoms with Gasteiger partial charge in [-0.15, -0.1) is 6.42 Å². The minimum atomic E-state index is -0.530. The van der Waals surface area contributed by atoms with Crippen molar-refractivity contribution in [1.29, 1.82) is 0 Å². The molecule has 9 nitrogen and oxygen atoms in total. The Morgan fingerprint density at radius 2 is 1.86 bits per heavy atom. The molecule has 0 spiro atoms. The van der Waals surface area contributed by atoms with Crippen molar-refractivity contribution < 1.29 is 9.53 Å². The lowest BCUT2D eigenvalue weighted by atomic mass is 10.1. The van der Waals surface area contributed by atoms with Crippen LogP contribution in [0, 0.1) is 12.3 Å². The number of nitrogens with two attached hydrogens (primary N) is 1. The van der Waals surface area contributed by atoms with Crippen LogP contribution in [0.15, 0.2) is 60.8 Å². The number of anilines is 5. The van der Waals surface area contributed by atoms with Crippen LogP contribution in [0.3, 0.4) is 0 Å². The highest BCUT2D eigenvalue weighted by Gasteiger charge is 2.14. The number of morpholine rings is 1. The van der Waals surface area contributed by atoms with Crippen molar-refractivity contribution in [2.75, 3.05) is 47.6 Å². The van der Waals surface area contributed by atoms with Crippen LogP contribution in [-0.2, 0) is 9.53 Å². The van der Waals surface area contributed by atoms with E-state index in [4.69, 9.17) is 21.9 Å². The Hall–Kier alpha value is -4.68. The predicted octanol–water partition coefficient (Wildman–Crippen LogP) is 3.43. The van der Waals surface area contributed by atoms with Gasteiger partial charge in [-0.1, -0.05) is 12.1 Å². The van der Waals surface area contributed by atoms with E-state index in [-0.39, 0.29) is 0 Å². The van der Waals surface area contributed by atoms with Gasteiger partial charge >= 0.3 is 0 Å². The number of pyridine rings is 1. The van der Waals surface area contributed by atoms with Crippen LogP contribution in [-0.4, -0.2) is 47.2 Å². The topological polar surface area (TPSA) is 118 Å². The number of nitrogen functional groups attached to an aromatic ring is 1. The van der Waals surface area contributed by atoms with E-state index in [0.717, 1.165) is 43.2 Å². The highest BCUT2D eigenvalue weighted by molar-refractivity contribution is 6.04. The second kappa shape index (κ2) is 9.67. The van der Waals surface area contributed by atoms with Gasteiger partial charge in [-0.25, -0.2) is 4.98 Å². The lowest BCUT2D eigenvalue weighted by Crippen LogP contribution is -2.36. The van der Waals surface area contributed by atoms with Gasteiger partial charge in [0.1, 0.15) is 5.82 Å². The normalized spacial score (nSPS) is 13.3. The maximum absolute atomic E-state index is 11.6. The van der Waals surface area contributed by atoms with E-state index in [9.17, 15) is 4.79 Å². The van der Waals surface area contributed by atoms with Gasteiger partial charge in [0, 0.05) is 47.3 Å². The van der Waals surface area contributed by atoms with Crippen molar-refractivity contribution in [3.63, 3.8) is 0 Å². The van der Waals surface area contributed by atoms with E-state index in [1.165, 1.54) is 0 Å². The number of para-hydroxylation sites is 1. The van der Waals surface area contributed by atoms with E-state index >= 15 is 0 Å². The van der Waals surface area contributed by atoms with E-state index in [0.29, 0.717) is 34.1 Å². The monoisotopic (exact) mass is 465 g/mol. The van der Waals surface area contributed by atoms with Gasteiger partial charge in [0.15, 0.2) is 0 Å². The first-order valence-corrected chi connectivity index (χ1v) is 11.1. The van der Waals surface area contributed by atoms with Crippen LogP contribution < -0.4 is 21.3 Å². The van der Waals surface area contributed by atoms with Gasteiger partial charge in [-0.2, -0.15) is 4.98 Å². The molecule has 0 radical (unpaired) electrons. The molecule has 1 amide bonds. The average Bonchev–Trinajstić information content (AvgIpc) is 2.89. The maximum atomic E-state index is 11.6. The highest BCUT2D eigenvalue weighted by Crippen LogP contribution is 2.31. The van der Waals surface area contributed by atoms with Gasteiger partial charge in [0.05, 0.1) is 24.4 Å². The molecule has 0 saturated carbocycles. The largest absolute Gasteiger partial charge is 0.383 e. The molecule has 4 N–H and O–H groups in total. The Morgan fingerprint density at radius 3 is 2.63 bits per heavy atom. The molecular weight excluding hydrogens is 442 g/mol. The zero-order valence-corrected chi connectivity index (χ0v) is 18.9. The zero-order valence-electron chi connectivity index (χ0n) is 18.9. The number of benzene rings is 2. The van der Waals surface area contributed by atoms with Crippen molar-refractivity contribution in [2.45, 2.75) is 0 Å². The molecule has 1 fully saturated rings. The number of carbonyl (C=O) groups excluding carboxylic acids is 1. The SMILES string of the molecule is C#CC(=O)Nc1ccnc(-c2cccc3c(N)nc(Nc4ccc(N5CCOCC5)cc4)nc23)c1. The molecule has 0 unspecified atom stereocenters. The molecule has 1 aliphatic rings. The van der Waals surface area contributed by atoms with Crippen LogP contribution >= 0.6 is 0 Å². The fourth-order valence-electron chi connectivity index (χ4n) is 3.97. The molecule has 3 heterocycles. The Labute approximate surface area is 202 Å². The number of ether oxygens (including phenoxy) is 1. The lowest BCUT2D eigenvalue weighted by Gasteiger charge is -2.28. The third kappa shape index (κ3) is 4.83. The van der Waals surface area contributed by atoms with Crippen LogP contribution in [0.2, 0.25) is 0 Å². The molecule has 2 aromatic carbocycles. The molecule has 1 saturated heterocycles. The summed E-state index contributed by atoms with van der Waals surface area (Å²) in [6, 6.07) is 17.1. The number of amides is 1. The molecule has 0 atom stereocenters. The molecule has 1 aliphatic heterocycles. The Morgan fingerprint density at radius 1 is 1.06 bits per heavy atom. The third-order valence-electron chi connectivity index (χ3n) is 5.68. The summed E-state index contributed by atoms with van der Waals surface area (Å²) in [5, 5.41) is 6.59. The Balaban J connectivity index is 1.45. The quantitative estimate of drug-likeness (QED) is 0.384. The Kier molecular flexibility index (Phi) is 6.11. The average molecular weight is 466 g/mol. The number of hydrogen-bond donors (Lipinski definition) is 3. The van der Waals surface area contributed by atoms with E-state index in [1.807, 2.05) is 36.3 Å². The summed E-state index contributed by atoms with van der Waals surface area (Å²) < 4.78 is 5.43. The lowest BCUT2D eigenvalue weighted by molar-refractivity contribution is -0.111. The summed E-state index contributed by atoms with van der Waals surface area (Å²) in [5.41, 5.74) is 10.8. The van der Waals surface area contributed by atoms with Crippen LogP contribution in [0.25, 0.3) is 22.2 Å². The van der Waals surface area contributed by atoms with Crippen molar-refractivity contribution >= 4 is 45.6 Å². The first-order chi connectivity index (χ1) is 17.1. The van der Waals surface area contributed by atoms with E-state index in [1.54, 1.807) is 18.3 Å². The number of nitrogens with zero attached hydrogens (tertiary/aromatic N) is 4. The number of rotatable bonds is 5. The van der Waals surface area contributed by atoms with Gasteiger partial charge in [-0.3, -0.25) is 9.78 Å². The van der Waals surface area contributed by atoms with E-state index < -0.39 is 5.91 Å². The zero-order chi connectivity index (χ0) is 24.2. The van der Waals surface area contributed by atoms with Crippen LogP contribution in [0.4, 0.5) is 28.8 Å². The van der Waals surface area contributed by atoms with Gasteiger partial charge in [0.25, 0.3) is 5.91 Å². The molecule has 174 valence electrons. The fraction of sp³-hybridized carbons (Fsp3) is 0.154. The fourth-order valence-corrected chi connectivity index (χ4v) is 3.97. The first-order valence-electron chi connectivity index (χ1n) is 11.1. The minimum absolute atomic E-state index is 0.348. The standard InChI is InChI=1S/C26H23N7O2/c1-2-23(34)29-18-10-11-28-22(16-18)20-4-3-5-21-24(20)31-26(32-25(21)27)30-17-6-8-19(9-7-17)33-12-14-35-15-13-33/h1,3-11,16H,12-15H2,(H,28,29,34)(H3,27,30,31,32). The molecule has 0 bridgehead atoms.